The van der Waals surface area contributed by atoms with Gasteiger partial charge in [-0.1, -0.05) is 13.3 Å². The highest BCUT2D eigenvalue weighted by Gasteiger charge is 2.25. The van der Waals surface area contributed by atoms with E-state index in [1.807, 2.05) is 18.2 Å². The van der Waals surface area contributed by atoms with E-state index >= 15 is 0 Å². The second-order valence-corrected chi connectivity index (χ2v) is 6.54. The molecule has 2 aliphatic rings. The zero-order valence-corrected chi connectivity index (χ0v) is 15.4. The summed E-state index contributed by atoms with van der Waals surface area (Å²) in [7, 11) is 3.34. The first-order valence-electron chi connectivity index (χ1n) is 8.90. The van der Waals surface area contributed by atoms with E-state index in [0.717, 1.165) is 55.4 Å². The van der Waals surface area contributed by atoms with Crippen molar-refractivity contribution >= 4 is 11.5 Å². The van der Waals surface area contributed by atoms with Crippen LogP contribution in [0.25, 0.3) is 0 Å². The summed E-state index contributed by atoms with van der Waals surface area (Å²) in [5.41, 5.74) is 8.36. The van der Waals surface area contributed by atoms with Crippen molar-refractivity contribution in [1.82, 2.24) is 4.90 Å². The Hall–Kier alpha value is -2.21. The summed E-state index contributed by atoms with van der Waals surface area (Å²) in [6.45, 7) is 4.68. The van der Waals surface area contributed by atoms with Crippen molar-refractivity contribution in [2.24, 2.45) is 10.7 Å². The van der Waals surface area contributed by atoms with Crippen LogP contribution in [-0.2, 0) is 0 Å². The molecule has 1 atom stereocenters. The van der Waals surface area contributed by atoms with Gasteiger partial charge in [0.2, 0.25) is 0 Å². The molecular formula is C19H28N4O2. The predicted molar refractivity (Wildman–Crippen MR) is 101 cm³/mol. The zero-order chi connectivity index (χ0) is 17.8. The monoisotopic (exact) mass is 344 g/mol. The lowest BCUT2D eigenvalue weighted by Crippen LogP contribution is -2.36. The van der Waals surface area contributed by atoms with Gasteiger partial charge in [0.15, 0.2) is 0 Å². The molecule has 1 aromatic rings. The Morgan fingerprint density at radius 2 is 1.92 bits per heavy atom. The van der Waals surface area contributed by atoms with Gasteiger partial charge in [-0.3, -0.25) is 0 Å². The lowest BCUT2D eigenvalue weighted by molar-refractivity contribution is 0.394. The molecule has 2 N–H and O–H groups in total. The molecule has 2 aliphatic heterocycles. The predicted octanol–water partition coefficient (Wildman–Crippen LogP) is 2.60. The number of allylic oxidation sites excluding steroid dienone is 1. The van der Waals surface area contributed by atoms with E-state index in [4.69, 9.17) is 20.2 Å². The molecule has 0 amide bonds. The molecule has 136 valence electrons. The zero-order valence-electron chi connectivity index (χ0n) is 15.4. The number of benzene rings is 1. The fourth-order valence-electron chi connectivity index (χ4n) is 3.35. The minimum Gasteiger partial charge on any atom is -0.497 e. The summed E-state index contributed by atoms with van der Waals surface area (Å²) >= 11 is 0. The molecule has 6 nitrogen and oxygen atoms in total. The van der Waals surface area contributed by atoms with E-state index < -0.39 is 0 Å². The third-order valence-corrected chi connectivity index (χ3v) is 4.72. The SMILES string of the molecule is CCCC1=CC(N2CC[C@H](N)C2)=NCN1c1cc(OC)cc(OC)c1. The second-order valence-electron chi connectivity index (χ2n) is 6.54. The summed E-state index contributed by atoms with van der Waals surface area (Å²) in [4.78, 5) is 9.33. The van der Waals surface area contributed by atoms with Crippen LogP contribution in [0.2, 0.25) is 0 Å². The van der Waals surface area contributed by atoms with Crippen LogP contribution in [-0.4, -0.2) is 50.8 Å². The van der Waals surface area contributed by atoms with Crippen LogP contribution in [0.4, 0.5) is 5.69 Å². The van der Waals surface area contributed by atoms with Crippen LogP contribution in [0, 0.1) is 0 Å². The number of ether oxygens (including phenoxy) is 2. The molecule has 1 fully saturated rings. The van der Waals surface area contributed by atoms with Crippen molar-refractivity contribution in [2.75, 3.05) is 38.9 Å². The van der Waals surface area contributed by atoms with Crippen LogP contribution in [0.3, 0.4) is 0 Å². The second kappa shape index (κ2) is 7.78. The van der Waals surface area contributed by atoms with Crippen LogP contribution in [0.5, 0.6) is 11.5 Å². The normalized spacial score (nSPS) is 20.4. The third kappa shape index (κ3) is 3.90. The molecule has 0 radical (unpaired) electrons. The van der Waals surface area contributed by atoms with E-state index in [0.29, 0.717) is 6.67 Å². The van der Waals surface area contributed by atoms with E-state index in [-0.39, 0.29) is 6.04 Å². The molecule has 0 bridgehead atoms. The number of rotatable bonds is 5. The van der Waals surface area contributed by atoms with Gasteiger partial charge in [0.25, 0.3) is 0 Å². The van der Waals surface area contributed by atoms with Crippen LogP contribution in [0.1, 0.15) is 26.2 Å². The van der Waals surface area contributed by atoms with Gasteiger partial charge < -0.3 is 25.0 Å². The highest BCUT2D eigenvalue weighted by Crippen LogP contribution is 2.32. The average Bonchev–Trinajstić information content (AvgIpc) is 3.08. The molecule has 1 aromatic carbocycles. The van der Waals surface area contributed by atoms with Gasteiger partial charge in [0.05, 0.1) is 14.2 Å². The molecule has 0 aromatic heterocycles. The van der Waals surface area contributed by atoms with Crippen molar-refractivity contribution in [3.63, 3.8) is 0 Å². The first-order valence-corrected chi connectivity index (χ1v) is 8.90. The molecule has 25 heavy (non-hydrogen) atoms. The maximum atomic E-state index is 6.05. The van der Waals surface area contributed by atoms with E-state index in [1.165, 1.54) is 5.70 Å². The summed E-state index contributed by atoms with van der Waals surface area (Å²) in [6.07, 6.45) is 5.32. The number of hydrogen-bond acceptors (Lipinski definition) is 6. The molecule has 6 heteroatoms. The fraction of sp³-hybridized carbons (Fsp3) is 0.526. The van der Waals surface area contributed by atoms with Crippen molar-refractivity contribution in [3.8, 4) is 11.5 Å². The number of likely N-dealkylation sites (tertiary alicyclic amines) is 1. The quantitative estimate of drug-likeness (QED) is 0.889. The first-order chi connectivity index (χ1) is 12.1. The maximum Gasteiger partial charge on any atom is 0.127 e. The number of anilines is 1. The van der Waals surface area contributed by atoms with Gasteiger partial charge in [-0.15, -0.1) is 0 Å². The van der Waals surface area contributed by atoms with Gasteiger partial charge in [0.1, 0.15) is 24.0 Å². The lowest BCUT2D eigenvalue weighted by Gasteiger charge is -2.32. The standard InChI is InChI=1S/C19H28N4O2/c1-4-5-15-10-19(22-7-6-14(20)12-22)21-13-23(15)16-8-17(24-2)11-18(9-16)25-3/h8-11,14H,4-7,12-13,20H2,1-3H3/t14-/m0/s1. The minimum atomic E-state index is 0.256. The highest BCUT2D eigenvalue weighted by molar-refractivity contribution is 5.95. The molecular weight excluding hydrogens is 316 g/mol. The van der Waals surface area contributed by atoms with Crippen molar-refractivity contribution in [3.05, 3.63) is 30.0 Å². The van der Waals surface area contributed by atoms with Gasteiger partial charge in [-0.2, -0.15) is 0 Å². The molecule has 1 saturated heterocycles. The van der Waals surface area contributed by atoms with Crippen molar-refractivity contribution in [1.29, 1.82) is 0 Å². The molecule has 0 aliphatic carbocycles. The van der Waals surface area contributed by atoms with Crippen LogP contribution in [0.15, 0.2) is 35.0 Å². The number of nitrogens with zero attached hydrogens (tertiary/aromatic N) is 3. The summed E-state index contributed by atoms with van der Waals surface area (Å²) in [5.74, 6) is 2.62. The van der Waals surface area contributed by atoms with Gasteiger partial charge in [0, 0.05) is 48.7 Å². The molecule has 2 heterocycles. The average molecular weight is 344 g/mol. The Bertz CT molecular complexity index is 649. The number of methoxy groups -OCH3 is 2. The highest BCUT2D eigenvalue weighted by atomic mass is 16.5. The Morgan fingerprint density at radius 1 is 1.20 bits per heavy atom. The number of hydrogen-bond donors (Lipinski definition) is 1. The lowest BCUT2D eigenvalue weighted by atomic mass is 10.1. The van der Waals surface area contributed by atoms with Crippen molar-refractivity contribution in [2.45, 2.75) is 32.2 Å². The summed E-state index contributed by atoms with van der Waals surface area (Å²) in [6, 6.07) is 6.19. The molecule has 0 spiro atoms. The number of nitrogens with two attached hydrogens (primary N) is 1. The molecule has 0 saturated carbocycles. The van der Waals surface area contributed by atoms with E-state index in [1.54, 1.807) is 14.2 Å². The van der Waals surface area contributed by atoms with Crippen LogP contribution >= 0.6 is 0 Å². The smallest absolute Gasteiger partial charge is 0.127 e. The Kier molecular flexibility index (Phi) is 5.48. The summed E-state index contributed by atoms with van der Waals surface area (Å²) in [5, 5.41) is 0. The van der Waals surface area contributed by atoms with Gasteiger partial charge in [-0.05, 0) is 18.9 Å². The van der Waals surface area contributed by atoms with Gasteiger partial charge in [-0.25, -0.2) is 4.99 Å². The van der Waals surface area contributed by atoms with E-state index in [9.17, 15) is 0 Å². The van der Waals surface area contributed by atoms with E-state index in [2.05, 4.69) is 22.8 Å². The summed E-state index contributed by atoms with van der Waals surface area (Å²) < 4.78 is 10.8. The van der Waals surface area contributed by atoms with Gasteiger partial charge >= 0.3 is 0 Å². The fourth-order valence-corrected chi connectivity index (χ4v) is 3.35. The Morgan fingerprint density at radius 3 is 2.48 bits per heavy atom. The largest absolute Gasteiger partial charge is 0.497 e. The van der Waals surface area contributed by atoms with Crippen molar-refractivity contribution < 1.29 is 9.47 Å². The topological polar surface area (TPSA) is 63.3 Å². The maximum absolute atomic E-state index is 6.05. The van der Waals surface area contributed by atoms with Crippen LogP contribution < -0.4 is 20.1 Å². The molecule has 0 unspecified atom stereocenters. The first kappa shape index (κ1) is 17.6. The minimum absolute atomic E-state index is 0.256. The number of amidine groups is 1. The third-order valence-electron chi connectivity index (χ3n) is 4.72. The Labute approximate surface area is 149 Å². The Balaban J connectivity index is 1.87. The number of aliphatic imine (C=N–C) groups is 1. The molecule has 3 rings (SSSR count).